The van der Waals surface area contributed by atoms with Crippen LogP contribution < -0.4 is 0 Å². The minimum atomic E-state index is -1.31. The van der Waals surface area contributed by atoms with Gasteiger partial charge in [0.05, 0.1) is 20.1 Å². The molecule has 0 heterocycles. The Labute approximate surface area is 118 Å². The zero-order chi connectivity index (χ0) is 15.7. The molecule has 118 valence electrons. The summed E-state index contributed by atoms with van der Waals surface area (Å²) in [5, 5.41) is 0. The molecule has 20 heavy (non-hydrogen) atoms. The molecule has 0 spiro atoms. The van der Waals surface area contributed by atoms with Crippen molar-refractivity contribution in [2.75, 3.05) is 42.7 Å². The van der Waals surface area contributed by atoms with E-state index in [2.05, 4.69) is 9.47 Å². The first-order valence-corrected chi connectivity index (χ1v) is 5.79. The lowest BCUT2D eigenvalue weighted by atomic mass is 9.90. The van der Waals surface area contributed by atoms with Crippen molar-refractivity contribution in [1.29, 1.82) is 0 Å². The van der Waals surface area contributed by atoms with Crippen molar-refractivity contribution in [2.24, 2.45) is 11.8 Å². The second-order valence-corrected chi connectivity index (χ2v) is 3.78. The van der Waals surface area contributed by atoms with E-state index in [4.69, 9.17) is 18.9 Å². The molecule has 0 aliphatic rings. The minimum Gasteiger partial charge on any atom is -0.468 e. The quantitative estimate of drug-likeness (QED) is 0.328. The number of hydrogen-bond acceptors (Lipinski definition) is 8. The highest BCUT2D eigenvalue weighted by Crippen LogP contribution is 2.27. The highest BCUT2D eigenvalue weighted by atomic mass is 16.7. The maximum atomic E-state index is 11.9. The Hall–Kier alpha value is -1.22. The lowest BCUT2D eigenvalue weighted by Gasteiger charge is -2.33. The molecule has 0 fully saturated rings. The molecular formula is C12H22O8. The van der Waals surface area contributed by atoms with Crippen molar-refractivity contribution in [3.63, 3.8) is 0 Å². The highest BCUT2D eigenvalue weighted by molar-refractivity contribution is 5.95. The van der Waals surface area contributed by atoms with E-state index in [-0.39, 0.29) is 0 Å². The normalized spacial score (nSPS) is 11.5. The summed E-state index contributed by atoms with van der Waals surface area (Å²) in [5.41, 5.74) is 0. The predicted octanol–water partition coefficient (Wildman–Crippen LogP) is -0.197. The van der Waals surface area contributed by atoms with Crippen LogP contribution in [0, 0.1) is 11.8 Å². The molecule has 0 aliphatic carbocycles. The van der Waals surface area contributed by atoms with E-state index in [1.807, 2.05) is 0 Å². The standard InChI is InChI=1S/C12H22O8/c1-15-9(13)7(10(14)16-2)8(11(17-3)18-4)12(19-5)20-6/h7-8,11-12H,1-6H3. The predicted molar refractivity (Wildman–Crippen MR) is 66.6 cm³/mol. The average molecular weight is 294 g/mol. The number of esters is 2. The van der Waals surface area contributed by atoms with Gasteiger partial charge in [-0.1, -0.05) is 0 Å². The van der Waals surface area contributed by atoms with E-state index in [9.17, 15) is 9.59 Å². The number of hydrogen-bond donors (Lipinski definition) is 0. The monoisotopic (exact) mass is 294 g/mol. The summed E-state index contributed by atoms with van der Waals surface area (Å²) in [6.45, 7) is 0. The lowest BCUT2D eigenvalue weighted by molar-refractivity contribution is -0.239. The van der Waals surface area contributed by atoms with Crippen molar-refractivity contribution < 1.29 is 38.0 Å². The number of ether oxygens (including phenoxy) is 6. The first-order chi connectivity index (χ1) is 9.51. The van der Waals surface area contributed by atoms with Crippen LogP contribution in [-0.4, -0.2) is 67.2 Å². The van der Waals surface area contributed by atoms with Gasteiger partial charge in [0.15, 0.2) is 18.5 Å². The van der Waals surface area contributed by atoms with Crippen molar-refractivity contribution in [1.82, 2.24) is 0 Å². The molecule has 8 heteroatoms. The van der Waals surface area contributed by atoms with Gasteiger partial charge in [-0.25, -0.2) is 0 Å². The van der Waals surface area contributed by atoms with Gasteiger partial charge in [-0.15, -0.1) is 0 Å². The summed E-state index contributed by atoms with van der Waals surface area (Å²) in [6, 6.07) is 0. The molecular weight excluding hydrogens is 272 g/mol. The molecule has 0 radical (unpaired) electrons. The molecule has 0 aromatic rings. The second-order valence-electron chi connectivity index (χ2n) is 3.78. The fourth-order valence-electron chi connectivity index (χ4n) is 1.93. The SMILES string of the molecule is COC(=O)C(C(=O)OC)C(C(OC)OC)C(OC)OC. The molecule has 8 nitrogen and oxygen atoms in total. The fraction of sp³-hybridized carbons (Fsp3) is 0.833. The van der Waals surface area contributed by atoms with Crippen molar-refractivity contribution in [3.8, 4) is 0 Å². The molecule has 0 N–H and O–H groups in total. The van der Waals surface area contributed by atoms with Gasteiger partial charge in [0.2, 0.25) is 0 Å². The molecule has 0 rings (SSSR count). The topological polar surface area (TPSA) is 89.5 Å². The summed E-state index contributed by atoms with van der Waals surface area (Å²) in [7, 11) is 7.81. The molecule has 0 aliphatic heterocycles. The Balaban J connectivity index is 5.61. The summed E-state index contributed by atoms with van der Waals surface area (Å²) >= 11 is 0. The van der Waals surface area contributed by atoms with E-state index in [0.717, 1.165) is 0 Å². The van der Waals surface area contributed by atoms with Crippen LogP contribution in [0.25, 0.3) is 0 Å². The third-order valence-electron chi connectivity index (χ3n) is 2.85. The van der Waals surface area contributed by atoms with Gasteiger partial charge < -0.3 is 28.4 Å². The van der Waals surface area contributed by atoms with Crippen LogP contribution in [0.2, 0.25) is 0 Å². The maximum absolute atomic E-state index is 11.9. The van der Waals surface area contributed by atoms with Crippen LogP contribution in [0.3, 0.4) is 0 Å². The minimum absolute atomic E-state index is 0.792. The maximum Gasteiger partial charge on any atom is 0.320 e. The van der Waals surface area contributed by atoms with Gasteiger partial charge in [-0.3, -0.25) is 9.59 Å². The molecule has 0 unspecified atom stereocenters. The van der Waals surface area contributed by atoms with Crippen molar-refractivity contribution >= 4 is 11.9 Å². The molecule has 0 atom stereocenters. The summed E-state index contributed by atoms with van der Waals surface area (Å²) in [4.78, 5) is 23.8. The first kappa shape index (κ1) is 18.8. The largest absolute Gasteiger partial charge is 0.468 e. The van der Waals surface area contributed by atoms with Gasteiger partial charge in [0.1, 0.15) is 0 Å². The van der Waals surface area contributed by atoms with E-state index in [0.29, 0.717) is 0 Å². The van der Waals surface area contributed by atoms with Gasteiger partial charge in [0.25, 0.3) is 0 Å². The van der Waals surface area contributed by atoms with E-state index in [1.54, 1.807) is 0 Å². The molecule has 0 saturated carbocycles. The molecule has 0 saturated heterocycles. The van der Waals surface area contributed by atoms with Gasteiger partial charge >= 0.3 is 11.9 Å². The lowest BCUT2D eigenvalue weighted by Crippen LogP contribution is -2.48. The van der Waals surface area contributed by atoms with Crippen molar-refractivity contribution in [3.05, 3.63) is 0 Å². The summed E-state index contributed by atoms with van der Waals surface area (Å²) < 4.78 is 29.7. The summed E-state index contributed by atoms with van der Waals surface area (Å²) in [5.74, 6) is -3.79. The van der Waals surface area contributed by atoms with Gasteiger partial charge in [-0.05, 0) is 0 Å². The third-order valence-corrected chi connectivity index (χ3v) is 2.85. The Kier molecular flexibility index (Phi) is 9.06. The van der Waals surface area contributed by atoms with E-state index >= 15 is 0 Å². The Bertz CT molecular complexity index is 270. The molecule has 0 bridgehead atoms. The number of methoxy groups -OCH3 is 6. The van der Waals surface area contributed by atoms with Crippen molar-refractivity contribution in [2.45, 2.75) is 12.6 Å². The van der Waals surface area contributed by atoms with Crippen LogP contribution in [0.5, 0.6) is 0 Å². The average Bonchev–Trinajstić information content (AvgIpc) is 2.48. The van der Waals surface area contributed by atoms with Gasteiger partial charge in [-0.2, -0.15) is 0 Å². The highest BCUT2D eigenvalue weighted by Gasteiger charge is 2.47. The Morgan fingerprint density at radius 3 is 1.15 bits per heavy atom. The Morgan fingerprint density at radius 2 is 0.950 bits per heavy atom. The van der Waals surface area contributed by atoms with E-state index in [1.165, 1.54) is 42.7 Å². The summed E-state index contributed by atoms with van der Waals surface area (Å²) in [6.07, 6.45) is -1.86. The number of carbonyl (C=O) groups excluding carboxylic acids is 2. The van der Waals surface area contributed by atoms with Crippen LogP contribution in [-0.2, 0) is 38.0 Å². The fourth-order valence-corrected chi connectivity index (χ4v) is 1.93. The first-order valence-electron chi connectivity index (χ1n) is 5.79. The Morgan fingerprint density at radius 1 is 0.650 bits per heavy atom. The van der Waals surface area contributed by atoms with Gasteiger partial charge in [0, 0.05) is 28.4 Å². The van der Waals surface area contributed by atoms with Crippen LogP contribution in [0.4, 0.5) is 0 Å². The van der Waals surface area contributed by atoms with Crippen LogP contribution in [0.15, 0.2) is 0 Å². The van der Waals surface area contributed by atoms with Crippen LogP contribution in [0.1, 0.15) is 0 Å². The molecule has 0 amide bonds. The third kappa shape index (κ3) is 4.41. The number of carbonyl (C=O) groups is 2. The number of rotatable bonds is 9. The molecule has 0 aromatic heterocycles. The zero-order valence-electron chi connectivity index (χ0n) is 12.6. The second kappa shape index (κ2) is 9.65. The smallest absolute Gasteiger partial charge is 0.320 e. The van der Waals surface area contributed by atoms with E-state index < -0.39 is 36.4 Å². The van der Waals surface area contributed by atoms with Crippen LogP contribution >= 0.6 is 0 Å². The molecule has 0 aromatic carbocycles. The zero-order valence-corrected chi connectivity index (χ0v) is 12.6.